The van der Waals surface area contributed by atoms with Gasteiger partial charge in [0.25, 0.3) is 5.69 Å². The van der Waals surface area contributed by atoms with E-state index in [9.17, 15) is 10.1 Å². The van der Waals surface area contributed by atoms with Gasteiger partial charge in [0.1, 0.15) is 4.90 Å². The Bertz CT molecular complexity index is 303. The molecule has 0 atom stereocenters. The molecule has 0 spiro atoms. The standard InChI is InChI=1S/C6H3ClNO2S/c7-4-1-2-5(8(9)10)6(11)3-4/h1-3H. The van der Waals surface area contributed by atoms with Crippen LogP contribution in [0.5, 0.6) is 0 Å². The Labute approximate surface area is 73.5 Å². The normalized spacial score (nSPS) is 9.55. The summed E-state index contributed by atoms with van der Waals surface area (Å²) in [6.07, 6.45) is 0. The fourth-order valence-electron chi connectivity index (χ4n) is 0.639. The number of hydrogen-bond acceptors (Lipinski definition) is 2. The summed E-state index contributed by atoms with van der Waals surface area (Å²) in [4.78, 5) is 9.87. The highest BCUT2D eigenvalue weighted by atomic mass is 35.5. The van der Waals surface area contributed by atoms with Crippen molar-refractivity contribution in [1.82, 2.24) is 0 Å². The molecule has 0 aliphatic carbocycles. The number of benzene rings is 1. The number of nitro benzene ring substituents is 1. The van der Waals surface area contributed by atoms with Gasteiger partial charge in [-0.05, 0) is 12.1 Å². The molecular formula is C6H3ClNO2S. The number of halogens is 1. The van der Waals surface area contributed by atoms with Gasteiger partial charge in [0.2, 0.25) is 0 Å². The predicted molar refractivity (Wildman–Crippen MR) is 44.0 cm³/mol. The van der Waals surface area contributed by atoms with Crippen molar-refractivity contribution < 1.29 is 4.92 Å². The minimum Gasteiger partial charge on any atom is -0.258 e. The van der Waals surface area contributed by atoms with Gasteiger partial charge in [-0.15, -0.1) is 0 Å². The lowest BCUT2D eigenvalue weighted by Gasteiger charge is -1.93. The van der Waals surface area contributed by atoms with Crippen LogP contribution in [-0.4, -0.2) is 4.92 Å². The fraction of sp³-hybridized carbons (Fsp3) is 0. The van der Waals surface area contributed by atoms with Crippen molar-refractivity contribution in [2.75, 3.05) is 0 Å². The lowest BCUT2D eigenvalue weighted by atomic mass is 10.3. The summed E-state index contributed by atoms with van der Waals surface area (Å²) >= 11 is 10.2. The first-order chi connectivity index (χ1) is 5.11. The number of hydrogen-bond donors (Lipinski definition) is 0. The van der Waals surface area contributed by atoms with Gasteiger partial charge < -0.3 is 0 Å². The average Bonchev–Trinajstić information content (AvgIpc) is 1.85. The third-order valence-electron chi connectivity index (χ3n) is 1.12. The van der Waals surface area contributed by atoms with E-state index in [1.54, 1.807) is 0 Å². The third-order valence-corrected chi connectivity index (χ3v) is 1.68. The molecule has 0 unspecified atom stereocenters. The zero-order chi connectivity index (χ0) is 8.43. The fourth-order valence-corrected chi connectivity index (χ4v) is 1.15. The SMILES string of the molecule is O=[N+]([O-])c1ccc(Cl)cc1[S]. The molecule has 1 radical (unpaired) electrons. The molecule has 0 aliphatic heterocycles. The Hall–Kier alpha value is -0.870. The molecule has 0 fully saturated rings. The van der Waals surface area contributed by atoms with Crippen LogP contribution >= 0.6 is 24.2 Å². The minimum atomic E-state index is -0.529. The number of nitro groups is 1. The Morgan fingerprint density at radius 2 is 2.18 bits per heavy atom. The highest BCUT2D eigenvalue weighted by Gasteiger charge is 2.10. The van der Waals surface area contributed by atoms with E-state index in [1.807, 2.05) is 0 Å². The average molecular weight is 189 g/mol. The van der Waals surface area contributed by atoms with Gasteiger partial charge in [0.15, 0.2) is 0 Å². The molecule has 1 aromatic rings. The largest absolute Gasteiger partial charge is 0.287 e. The first-order valence-corrected chi connectivity index (χ1v) is 3.51. The Kier molecular flexibility index (Phi) is 2.26. The summed E-state index contributed by atoms with van der Waals surface area (Å²) in [7, 11) is 0. The second kappa shape index (κ2) is 3.02. The lowest BCUT2D eigenvalue weighted by Crippen LogP contribution is -1.88. The van der Waals surface area contributed by atoms with Crippen molar-refractivity contribution in [2.24, 2.45) is 0 Å². The van der Waals surface area contributed by atoms with Gasteiger partial charge in [-0.1, -0.05) is 24.2 Å². The molecule has 1 aromatic carbocycles. The Morgan fingerprint density at radius 3 is 2.64 bits per heavy atom. The molecule has 1 rings (SSSR count). The van der Waals surface area contributed by atoms with E-state index in [4.69, 9.17) is 11.6 Å². The lowest BCUT2D eigenvalue weighted by molar-refractivity contribution is -0.387. The molecule has 5 heteroatoms. The smallest absolute Gasteiger partial charge is 0.258 e. The van der Waals surface area contributed by atoms with Gasteiger partial charge in [-0.2, -0.15) is 0 Å². The van der Waals surface area contributed by atoms with E-state index >= 15 is 0 Å². The van der Waals surface area contributed by atoms with Crippen LogP contribution in [0.2, 0.25) is 5.02 Å². The van der Waals surface area contributed by atoms with Crippen molar-refractivity contribution in [3.8, 4) is 0 Å². The molecule has 0 amide bonds. The van der Waals surface area contributed by atoms with Crippen molar-refractivity contribution in [3.05, 3.63) is 33.3 Å². The first kappa shape index (κ1) is 8.23. The van der Waals surface area contributed by atoms with Crippen LogP contribution in [0.25, 0.3) is 0 Å². The quantitative estimate of drug-likeness (QED) is 0.503. The maximum atomic E-state index is 10.2. The van der Waals surface area contributed by atoms with Gasteiger partial charge in [-0.3, -0.25) is 10.1 Å². The van der Waals surface area contributed by atoms with Crippen molar-refractivity contribution in [3.63, 3.8) is 0 Å². The maximum absolute atomic E-state index is 10.2. The number of rotatable bonds is 1. The van der Waals surface area contributed by atoms with E-state index in [1.165, 1.54) is 18.2 Å². The summed E-state index contributed by atoms with van der Waals surface area (Å²) in [5.74, 6) is 0. The van der Waals surface area contributed by atoms with Crippen LogP contribution in [0.1, 0.15) is 0 Å². The van der Waals surface area contributed by atoms with E-state index in [0.29, 0.717) is 5.02 Å². The summed E-state index contributed by atoms with van der Waals surface area (Å²) in [5.41, 5.74) is -0.0793. The molecule has 57 valence electrons. The van der Waals surface area contributed by atoms with Crippen LogP contribution < -0.4 is 0 Å². The van der Waals surface area contributed by atoms with E-state index in [2.05, 4.69) is 12.6 Å². The molecule has 0 saturated carbocycles. The predicted octanol–water partition coefficient (Wildman–Crippen LogP) is 2.80. The Morgan fingerprint density at radius 1 is 1.55 bits per heavy atom. The van der Waals surface area contributed by atoms with Crippen LogP contribution in [0.3, 0.4) is 0 Å². The molecule has 0 aliphatic rings. The molecular weight excluding hydrogens is 186 g/mol. The minimum absolute atomic E-state index is 0.0793. The number of nitrogens with zero attached hydrogens (tertiary/aromatic N) is 1. The van der Waals surface area contributed by atoms with Crippen LogP contribution in [0.15, 0.2) is 23.1 Å². The van der Waals surface area contributed by atoms with Crippen LogP contribution in [0.4, 0.5) is 5.69 Å². The first-order valence-electron chi connectivity index (χ1n) is 2.72. The summed E-state index contributed by atoms with van der Waals surface area (Å²) < 4.78 is 0. The zero-order valence-corrected chi connectivity index (χ0v) is 6.85. The molecule has 0 aromatic heterocycles. The van der Waals surface area contributed by atoms with Crippen LogP contribution in [0, 0.1) is 10.1 Å². The van der Waals surface area contributed by atoms with Crippen molar-refractivity contribution in [1.29, 1.82) is 0 Å². The summed E-state index contributed by atoms with van der Waals surface area (Å²) in [5, 5.41) is 10.6. The van der Waals surface area contributed by atoms with Gasteiger partial charge >= 0.3 is 0 Å². The summed E-state index contributed by atoms with van der Waals surface area (Å²) in [6.45, 7) is 0. The maximum Gasteiger partial charge on any atom is 0.287 e. The van der Waals surface area contributed by atoms with E-state index in [-0.39, 0.29) is 10.6 Å². The summed E-state index contributed by atoms with van der Waals surface area (Å²) in [6, 6.07) is 4.12. The third kappa shape index (κ3) is 1.78. The second-order valence-electron chi connectivity index (χ2n) is 1.87. The zero-order valence-electron chi connectivity index (χ0n) is 5.28. The molecule has 0 saturated heterocycles. The highest BCUT2D eigenvalue weighted by molar-refractivity contribution is 7.80. The molecule has 0 N–H and O–H groups in total. The molecule has 3 nitrogen and oxygen atoms in total. The van der Waals surface area contributed by atoms with Crippen molar-refractivity contribution in [2.45, 2.75) is 4.90 Å². The van der Waals surface area contributed by atoms with Gasteiger partial charge in [-0.25, -0.2) is 0 Å². The molecule has 0 bridgehead atoms. The monoisotopic (exact) mass is 188 g/mol. The van der Waals surface area contributed by atoms with Gasteiger partial charge in [0.05, 0.1) is 4.92 Å². The molecule has 0 heterocycles. The van der Waals surface area contributed by atoms with Crippen LogP contribution in [-0.2, 0) is 0 Å². The second-order valence-corrected chi connectivity index (χ2v) is 2.75. The van der Waals surface area contributed by atoms with E-state index < -0.39 is 4.92 Å². The molecule has 11 heavy (non-hydrogen) atoms. The van der Waals surface area contributed by atoms with Gasteiger partial charge in [0, 0.05) is 11.1 Å². The topological polar surface area (TPSA) is 43.1 Å². The highest BCUT2D eigenvalue weighted by Crippen LogP contribution is 2.25. The van der Waals surface area contributed by atoms with E-state index in [0.717, 1.165) is 0 Å². The Balaban J connectivity index is 3.20. The van der Waals surface area contributed by atoms with Crippen molar-refractivity contribution >= 4 is 29.9 Å².